The number of carbonyl (C=O) groups is 1. The lowest BCUT2D eigenvalue weighted by atomic mass is 9.96. The van der Waals surface area contributed by atoms with Gasteiger partial charge in [-0.3, -0.25) is 10.3 Å². The van der Waals surface area contributed by atoms with Crippen LogP contribution in [0.3, 0.4) is 0 Å². The van der Waals surface area contributed by atoms with Crippen molar-refractivity contribution < 1.29 is 14.6 Å². The molecule has 2 aromatic rings. The number of aromatic nitrogens is 1. The highest BCUT2D eigenvalue weighted by Crippen LogP contribution is 2.26. The molecule has 0 bridgehead atoms. The Morgan fingerprint density at radius 3 is 2.67 bits per heavy atom. The summed E-state index contributed by atoms with van der Waals surface area (Å²) in [7, 11) is 0. The number of fused-ring (bicyclic) bond motifs is 1. The van der Waals surface area contributed by atoms with Crippen LogP contribution in [0.2, 0.25) is 0 Å². The molecule has 174 valence electrons. The molecule has 1 aromatic carbocycles. The van der Waals surface area contributed by atoms with Crippen LogP contribution < -0.4 is 5.01 Å². The molecule has 10 heteroatoms. The number of anilines is 1. The minimum absolute atomic E-state index is 0.221. The van der Waals surface area contributed by atoms with E-state index >= 15 is 0 Å². The van der Waals surface area contributed by atoms with E-state index in [0.29, 0.717) is 30.1 Å². The largest absolute Gasteiger partial charge is 0.457 e. The van der Waals surface area contributed by atoms with E-state index < -0.39 is 6.10 Å². The summed E-state index contributed by atoms with van der Waals surface area (Å²) < 4.78 is 5.15. The van der Waals surface area contributed by atoms with Gasteiger partial charge in [0.2, 0.25) is 0 Å². The molecule has 10 nitrogen and oxygen atoms in total. The summed E-state index contributed by atoms with van der Waals surface area (Å²) in [5.74, 6) is 0.142. The molecule has 33 heavy (non-hydrogen) atoms. The van der Waals surface area contributed by atoms with Crippen molar-refractivity contribution in [1.82, 2.24) is 14.8 Å². The fourth-order valence-electron chi connectivity index (χ4n) is 4.37. The summed E-state index contributed by atoms with van der Waals surface area (Å²) in [4.78, 5) is 20.6. The Balaban J connectivity index is 1.24. The topological polar surface area (TPSA) is 129 Å². The predicted molar refractivity (Wildman–Crippen MR) is 122 cm³/mol. The van der Waals surface area contributed by atoms with Gasteiger partial charge in [0.15, 0.2) is 5.82 Å². The Kier molecular flexibility index (Phi) is 7.07. The van der Waals surface area contributed by atoms with Crippen LogP contribution in [0.25, 0.3) is 0 Å². The summed E-state index contributed by atoms with van der Waals surface area (Å²) in [5.41, 5.74) is 11.9. The van der Waals surface area contributed by atoms with Crippen molar-refractivity contribution in [3.63, 3.8) is 0 Å². The monoisotopic (exact) mass is 451 g/mol. The van der Waals surface area contributed by atoms with Crippen LogP contribution in [-0.2, 0) is 17.8 Å². The third kappa shape index (κ3) is 5.08. The molecule has 0 aliphatic carbocycles. The summed E-state index contributed by atoms with van der Waals surface area (Å²) in [6, 6.07) is 7.33. The van der Waals surface area contributed by atoms with Gasteiger partial charge in [-0.2, -0.15) is 10.5 Å². The van der Waals surface area contributed by atoms with E-state index in [1.807, 2.05) is 12.1 Å². The molecule has 2 aliphatic rings. The number of hydrogen-bond acceptors (Lipinski definition) is 9. The minimum Gasteiger partial charge on any atom is -0.457 e. The van der Waals surface area contributed by atoms with Crippen molar-refractivity contribution >= 4 is 18.1 Å². The lowest BCUT2D eigenvalue weighted by Gasteiger charge is -2.35. The fourth-order valence-corrected chi connectivity index (χ4v) is 4.37. The number of β-amino-alcohol motifs (C(OH)–C–C–N with tert-alkyl or cyclic N) is 1. The molecule has 0 amide bonds. The molecule has 3 heterocycles. The second kappa shape index (κ2) is 10.2. The van der Waals surface area contributed by atoms with Gasteiger partial charge in [0.25, 0.3) is 0 Å². The van der Waals surface area contributed by atoms with Gasteiger partial charge in [0.1, 0.15) is 12.9 Å². The lowest BCUT2D eigenvalue weighted by Crippen LogP contribution is -2.48. The molecule has 1 saturated heterocycles. The van der Waals surface area contributed by atoms with Gasteiger partial charge in [-0.05, 0) is 36.6 Å². The second-order valence-corrected chi connectivity index (χ2v) is 8.38. The lowest BCUT2D eigenvalue weighted by molar-refractivity contribution is 0.0534. The number of esters is 1. The third-order valence-corrected chi connectivity index (χ3v) is 6.49. The Morgan fingerprint density at radius 1 is 1.24 bits per heavy atom. The van der Waals surface area contributed by atoms with Crippen molar-refractivity contribution in [2.24, 2.45) is 5.22 Å². The Morgan fingerprint density at radius 2 is 2.00 bits per heavy atom. The van der Waals surface area contributed by atoms with E-state index in [1.54, 1.807) is 18.3 Å². The smallest absolute Gasteiger partial charge is 0.338 e. The summed E-state index contributed by atoms with van der Waals surface area (Å²) in [6.45, 7) is 7.59. The zero-order chi connectivity index (χ0) is 23.4. The molecule has 0 saturated carbocycles. The molecule has 3 N–H and O–H groups in total. The number of piperazine rings is 1. The van der Waals surface area contributed by atoms with Gasteiger partial charge in [-0.15, -0.1) is 0 Å². The highest BCUT2D eigenvalue weighted by Gasteiger charge is 2.24. The Bertz CT molecular complexity index is 1010. The van der Waals surface area contributed by atoms with Gasteiger partial charge in [-0.1, -0.05) is 17.4 Å². The molecule has 0 spiro atoms. The maximum Gasteiger partial charge on any atom is 0.338 e. The van der Waals surface area contributed by atoms with Crippen LogP contribution in [0.4, 0.5) is 5.82 Å². The van der Waals surface area contributed by atoms with Crippen LogP contribution in [0.15, 0.2) is 35.7 Å². The number of cyclic esters (lactones) is 1. The van der Waals surface area contributed by atoms with Crippen molar-refractivity contribution in [1.29, 1.82) is 10.9 Å². The van der Waals surface area contributed by atoms with Crippen molar-refractivity contribution in [3.05, 3.63) is 58.3 Å². The standard InChI is InChI=1S/C23H29N7O3/c1-16-17(2-4-19-20(16)14-33-23(19)32)6-7-28-8-10-29(11-9-28)13-21(31)18-3-5-22(26-12-18)30(15-24)27-25/h2-5,12,15,21,24-25,31H,6-11,13-14H2,1H3. The first kappa shape index (κ1) is 23.0. The van der Waals surface area contributed by atoms with Crippen molar-refractivity contribution in [2.45, 2.75) is 26.1 Å². The predicted octanol–water partition coefficient (Wildman–Crippen LogP) is 2.31. The van der Waals surface area contributed by atoms with E-state index in [9.17, 15) is 9.90 Å². The van der Waals surface area contributed by atoms with Crippen molar-refractivity contribution in [2.75, 3.05) is 44.3 Å². The van der Waals surface area contributed by atoms with Crippen LogP contribution in [0, 0.1) is 17.9 Å². The average molecular weight is 452 g/mol. The number of rotatable bonds is 9. The van der Waals surface area contributed by atoms with E-state index in [0.717, 1.165) is 56.1 Å². The molecular weight excluding hydrogens is 422 g/mol. The second-order valence-electron chi connectivity index (χ2n) is 8.38. The number of nitrogens with zero attached hydrogens (tertiary/aromatic N) is 5. The Labute approximate surface area is 192 Å². The number of ether oxygens (including phenoxy) is 1. The van der Waals surface area contributed by atoms with Gasteiger partial charge in [-0.25, -0.2) is 9.78 Å². The van der Waals surface area contributed by atoms with Crippen LogP contribution in [0.5, 0.6) is 0 Å². The normalized spacial score (nSPS) is 17.3. The van der Waals surface area contributed by atoms with E-state index in [-0.39, 0.29) is 5.97 Å². The first-order chi connectivity index (χ1) is 16.0. The summed E-state index contributed by atoms with van der Waals surface area (Å²) >= 11 is 0. The summed E-state index contributed by atoms with van der Waals surface area (Å²) in [5, 5.41) is 22.1. The van der Waals surface area contributed by atoms with Crippen LogP contribution >= 0.6 is 0 Å². The molecular formula is C23H29N7O3. The number of hydrogen-bond donors (Lipinski definition) is 3. The third-order valence-electron chi connectivity index (χ3n) is 6.49. The number of benzene rings is 1. The van der Waals surface area contributed by atoms with E-state index in [1.165, 1.54) is 11.1 Å². The van der Waals surface area contributed by atoms with Crippen molar-refractivity contribution in [3.8, 4) is 0 Å². The molecule has 0 radical (unpaired) electrons. The highest BCUT2D eigenvalue weighted by molar-refractivity contribution is 5.93. The van der Waals surface area contributed by atoms with Crippen LogP contribution in [-0.4, -0.2) is 71.5 Å². The Hall–Kier alpha value is -3.21. The molecule has 2 aliphatic heterocycles. The van der Waals surface area contributed by atoms with Gasteiger partial charge < -0.3 is 14.7 Å². The van der Waals surface area contributed by atoms with Gasteiger partial charge in [0.05, 0.1) is 11.7 Å². The number of aliphatic hydroxyl groups excluding tert-OH is 1. The highest BCUT2D eigenvalue weighted by atomic mass is 16.5. The van der Waals surface area contributed by atoms with Gasteiger partial charge in [0, 0.05) is 56.6 Å². The molecule has 1 fully saturated rings. The maximum absolute atomic E-state index is 11.7. The minimum atomic E-state index is -0.654. The molecule has 1 aromatic heterocycles. The average Bonchev–Trinajstić information content (AvgIpc) is 3.22. The zero-order valence-electron chi connectivity index (χ0n) is 18.7. The fraction of sp³-hybridized carbons (Fsp3) is 0.435. The van der Waals surface area contributed by atoms with Crippen LogP contribution in [0.1, 0.15) is 38.7 Å². The SMILES string of the molecule is Cc1c(CCN2CCN(CC(O)c3ccc(N(C=N)N=N)nc3)CC2)ccc2c1COC2=O. The maximum atomic E-state index is 11.7. The number of aliphatic hydroxyl groups is 1. The molecule has 4 rings (SSSR count). The first-order valence-electron chi connectivity index (χ1n) is 11.0. The molecule has 1 unspecified atom stereocenters. The first-order valence-corrected chi connectivity index (χ1v) is 11.0. The zero-order valence-corrected chi connectivity index (χ0v) is 18.7. The quantitative estimate of drug-likeness (QED) is 0.175. The number of nitrogens with one attached hydrogen (secondary N) is 2. The summed E-state index contributed by atoms with van der Waals surface area (Å²) in [6.07, 6.45) is 2.76. The number of carbonyl (C=O) groups excluding carboxylic acids is 1. The van der Waals surface area contributed by atoms with E-state index in [2.05, 4.69) is 26.9 Å². The number of pyridine rings is 1. The molecule has 1 atom stereocenters. The van der Waals surface area contributed by atoms with E-state index in [4.69, 9.17) is 15.7 Å². The van der Waals surface area contributed by atoms with Gasteiger partial charge >= 0.3 is 5.97 Å².